The largest absolute Gasteiger partial charge is 0.497 e. The molecule has 1 unspecified atom stereocenters. The summed E-state index contributed by atoms with van der Waals surface area (Å²) >= 11 is 0. The first-order valence-corrected chi connectivity index (χ1v) is 18.0. The van der Waals surface area contributed by atoms with Gasteiger partial charge >= 0.3 is 12.1 Å². The first-order chi connectivity index (χ1) is 25.8. The number of hydrogen-bond donors (Lipinski definition) is 1. The zero-order valence-electron chi connectivity index (χ0n) is 32.4. The summed E-state index contributed by atoms with van der Waals surface area (Å²) in [7, 11) is 4.52. The first-order valence-electron chi connectivity index (χ1n) is 18.0. The Morgan fingerprint density at radius 1 is 0.852 bits per heavy atom. The van der Waals surface area contributed by atoms with Crippen molar-refractivity contribution in [3.63, 3.8) is 0 Å². The summed E-state index contributed by atoms with van der Waals surface area (Å²) in [5.74, 6) is 0.126. The minimum atomic E-state index is -0.786. The molecule has 0 radical (unpaired) electrons. The molecule has 1 heterocycles. The number of carbonyl (C=O) groups excluding carboxylic acids is 4. The summed E-state index contributed by atoms with van der Waals surface area (Å²) in [6.45, 7) is 9.85. The van der Waals surface area contributed by atoms with Crippen molar-refractivity contribution in [1.82, 2.24) is 10.2 Å². The van der Waals surface area contributed by atoms with Crippen molar-refractivity contribution in [2.75, 3.05) is 48.0 Å². The maximum absolute atomic E-state index is 13.9. The summed E-state index contributed by atoms with van der Waals surface area (Å²) in [5, 5.41) is 3.04. The number of methoxy groups -OCH3 is 3. The molecule has 1 N–H and O–H groups in total. The second kappa shape index (κ2) is 19.3. The van der Waals surface area contributed by atoms with Crippen molar-refractivity contribution in [2.24, 2.45) is 0 Å². The van der Waals surface area contributed by atoms with E-state index < -0.39 is 35.7 Å². The van der Waals surface area contributed by atoms with Crippen LogP contribution in [0.2, 0.25) is 0 Å². The molecule has 2 amide bonds. The average Bonchev–Trinajstić information content (AvgIpc) is 3.36. The topological polar surface area (TPSA) is 148 Å². The van der Waals surface area contributed by atoms with Crippen molar-refractivity contribution in [3.05, 3.63) is 88.5 Å². The number of nitrogens with one attached hydrogen (secondary N) is 1. The predicted molar refractivity (Wildman–Crippen MR) is 201 cm³/mol. The number of amides is 2. The zero-order valence-corrected chi connectivity index (χ0v) is 32.4. The van der Waals surface area contributed by atoms with Crippen LogP contribution < -0.4 is 19.5 Å². The molecule has 292 valence electrons. The molecule has 0 spiro atoms. The lowest BCUT2D eigenvalue weighted by atomic mass is 9.95. The van der Waals surface area contributed by atoms with Crippen LogP contribution in [0.15, 0.2) is 60.7 Å². The molecular weight excluding hydrogens is 696 g/mol. The van der Waals surface area contributed by atoms with Crippen molar-refractivity contribution in [1.29, 1.82) is 0 Å². The van der Waals surface area contributed by atoms with E-state index in [-0.39, 0.29) is 43.0 Å². The highest BCUT2D eigenvalue weighted by Gasteiger charge is 2.35. The van der Waals surface area contributed by atoms with Crippen molar-refractivity contribution in [3.8, 4) is 17.2 Å². The quantitative estimate of drug-likeness (QED) is 0.0999. The molecule has 1 saturated heterocycles. The van der Waals surface area contributed by atoms with Gasteiger partial charge in [-0.15, -0.1) is 0 Å². The van der Waals surface area contributed by atoms with Gasteiger partial charge in [0.25, 0.3) is 5.91 Å². The van der Waals surface area contributed by atoms with Crippen LogP contribution in [0.1, 0.15) is 102 Å². The van der Waals surface area contributed by atoms with Gasteiger partial charge in [-0.3, -0.25) is 9.59 Å². The highest BCUT2D eigenvalue weighted by atomic mass is 16.7. The van der Waals surface area contributed by atoms with Gasteiger partial charge in [-0.25, -0.2) is 9.59 Å². The molecule has 54 heavy (non-hydrogen) atoms. The molecule has 3 atom stereocenters. The molecular formula is C41H52N2O11. The van der Waals surface area contributed by atoms with Crippen LogP contribution in [0.3, 0.4) is 0 Å². The molecule has 3 aromatic rings. The lowest BCUT2D eigenvalue weighted by Crippen LogP contribution is -2.51. The molecule has 0 aromatic heterocycles. The maximum Gasteiger partial charge on any atom is 0.410 e. The lowest BCUT2D eigenvalue weighted by molar-refractivity contribution is 0.0127. The Morgan fingerprint density at radius 3 is 2.11 bits per heavy atom. The number of carbonyl (C=O) groups is 4. The Labute approximate surface area is 317 Å². The lowest BCUT2D eigenvalue weighted by Gasteiger charge is -2.31. The van der Waals surface area contributed by atoms with Gasteiger partial charge in [0.2, 0.25) is 0 Å². The minimum Gasteiger partial charge on any atom is -0.497 e. The zero-order chi connectivity index (χ0) is 39.4. The predicted octanol–water partition coefficient (Wildman–Crippen LogP) is 6.76. The van der Waals surface area contributed by atoms with E-state index in [0.29, 0.717) is 47.8 Å². The van der Waals surface area contributed by atoms with Crippen LogP contribution in [0.25, 0.3) is 0 Å². The molecule has 3 aromatic carbocycles. The summed E-state index contributed by atoms with van der Waals surface area (Å²) in [4.78, 5) is 55.7. The Bertz CT molecular complexity index is 1750. The average molecular weight is 749 g/mol. The van der Waals surface area contributed by atoms with Gasteiger partial charge in [-0.2, -0.15) is 0 Å². The molecule has 1 aliphatic heterocycles. The monoisotopic (exact) mass is 748 g/mol. The van der Waals surface area contributed by atoms with Gasteiger partial charge in [0.15, 0.2) is 19.4 Å². The summed E-state index contributed by atoms with van der Waals surface area (Å²) in [5.41, 5.74) is 1.29. The molecule has 13 heteroatoms. The molecule has 0 aliphatic carbocycles. The van der Waals surface area contributed by atoms with Gasteiger partial charge in [0.05, 0.1) is 24.3 Å². The molecule has 13 nitrogen and oxygen atoms in total. The molecule has 4 rings (SSSR count). The van der Waals surface area contributed by atoms with Gasteiger partial charge in [0, 0.05) is 38.4 Å². The van der Waals surface area contributed by atoms with Gasteiger partial charge in [-0.1, -0.05) is 26.0 Å². The summed E-state index contributed by atoms with van der Waals surface area (Å²) in [6, 6.07) is 15.4. The van der Waals surface area contributed by atoms with Gasteiger partial charge < -0.3 is 43.4 Å². The number of esters is 1. The summed E-state index contributed by atoms with van der Waals surface area (Å²) in [6.07, 6.45) is 0.369. The fourth-order valence-electron chi connectivity index (χ4n) is 5.88. The van der Waals surface area contributed by atoms with Crippen molar-refractivity contribution < 1.29 is 52.3 Å². The van der Waals surface area contributed by atoms with Crippen molar-refractivity contribution in [2.45, 2.75) is 77.5 Å². The number of ketones is 1. The van der Waals surface area contributed by atoms with E-state index in [1.165, 1.54) is 50.5 Å². The molecule has 1 fully saturated rings. The van der Waals surface area contributed by atoms with E-state index >= 15 is 0 Å². The number of nitrogens with zero attached hydrogens (tertiary/aromatic N) is 1. The van der Waals surface area contributed by atoms with Crippen LogP contribution in [0.4, 0.5) is 4.79 Å². The molecule has 0 saturated carbocycles. The van der Waals surface area contributed by atoms with Crippen molar-refractivity contribution >= 4 is 23.8 Å². The fraction of sp³-hybridized carbons (Fsp3) is 0.463. The standard InChI is InChI=1S/C41H52N2O11/c1-9-26(2)31-21-29(16-18-34(31)51-24-48-6)38(45)42-33-23-43(40(47)54-41(3,4)5)20-10-11-36(33)53-39(46)28-14-12-27(13-15-28)37(44)32-22-30(50-8)17-19-35(32)52-25-49-7/h12-19,21-22,26,33,36H,9-11,20,23-25H2,1-8H3,(H,42,45)/t26?,33-,36-/m1/s1. The van der Waals surface area contributed by atoms with Gasteiger partial charge in [0.1, 0.15) is 29.0 Å². The van der Waals surface area contributed by atoms with E-state index in [0.717, 1.165) is 12.0 Å². The highest BCUT2D eigenvalue weighted by molar-refractivity contribution is 6.11. The van der Waals surface area contributed by atoms with Crippen LogP contribution in [0, 0.1) is 0 Å². The Balaban J connectivity index is 1.57. The van der Waals surface area contributed by atoms with Crippen LogP contribution in [0.5, 0.6) is 17.2 Å². The van der Waals surface area contributed by atoms with Crippen LogP contribution >= 0.6 is 0 Å². The number of ether oxygens (including phenoxy) is 7. The normalized spacial score (nSPS) is 16.4. The van der Waals surface area contributed by atoms with E-state index in [2.05, 4.69) is 12.2 Å². The summed E-state index contributed by atoms with van der Waals surface area (Å²) < 4.78 is 38.5. The van der Waals surface area contributed by atoms with E-state index in [1.54, 1.807) is 57.2 Å². The van der Waals surface area contributed by atoms with Gasteiger partial charge in [-0.05, 0) is 100 Å². The van der Waals surface area contributed by atoms with Crippen LogP contribution in [-0.4, -0.2) is 94.4 Å². The number of likely N-dealkylation sites (tertiary alicyclic amines) is 1. The Hall–Kier alpha value is -5.14. The minimum absolute atomic E-state index is 0.0489. The van der Waals surface area contributed by atoms with Crippen LogP contribution in [-0.2, 0) is 18.9 Å². The first kappa shape index (κ1) is 41.6. The smallest absolute Gasteiger partial charge is 0.410 e. The third kappa shape index (κ3) is 11.2. The third-order valence-electron chi connectivity index (χ3n) is 8.90. The Kier molecular flexibility index (Phi) is 14.8. The fourth-order valence-corrected chi connectivity index (χ4v) is 5.88. The van der Waals surface area contributed by atoms with E-state index in [4.69, 9.17) is 33.2 Å². The maximum atomic E-state index is 13.9. The Morgan fingerprint density at radius 2 is 1.48 bits per heavy atom. The SMILES string of the molecule is CCC(C)c1cc(C(=O)N[C@@H]2CN(C(=O)OC(C)(C)C)CCC[C@H]2OC(=O)c2ccc(C(=O)c3cc(OC)ccc3OCOC)cc2)ccc1OCOC. The molecule has 1 aliphatic rings. The number of hydrogen-bond acceptors (Lipinski definition) is 11. The highest BCUT2D eigenvalue weighted by Crippen LogP contribution is 2.31. The van der Waals surface area contributed by atoms with E-state index in [1.807, 2.05) is 6.92 Å². The molecule has 0 bridgehead atoms. The van der Waals surface area contributed by atoms with E-state index in [9.17, 15) is 19.2 Å². The number of benzene rings is 3. The number of rotatable bonds is 15. The second-order valence-electron chi connectivity index (χ2n) is 14.0. The second-order valence-corrected chi connectivity index (χ2v) is 14.0. The third-order valence-corrected chi connectivity index (χ3v) is 8.90.